The van der Waals surface area contributed by atoms with Crippen LogP contribution in [-0.4, -0.2) is 54.3 Å². The van der Waals surface area contributed by atoms with Crippen LogP contribution < -0.4 is 9.62 Å². The Morgan fingerprint density at radius 1 is 0.969 bits per heavy atom. The van der Waals surface area contributed by atoms with Crippen LogP contribution in [0.25, 0.3) is 0 Å². The van der Waals surface area contributed by atoms with E-state index in [0.717, 1.165) is 50.6 Å². The van der Waals surface area contributed by atoms with Gasteiger partial charge in [0.05, 0.1) is 23.0 Å². The largest absolute Gasteiger partial charge is 0.369 e. The van der Waals surface area contributed by atoms with Crippen LogP contribution in [0.3, 0.4) is 0 Å². The molecule has 1 aliphatic rings. The molecule has 4 rings (SSSR count). The molecule has 0 atom stereocenters. The second-order valence-corrected chi connectivity index (χ2v) is 10.8. The summed E-state index contributed by atoms with van der Waals surface area (Å²) in [7, 11) is -3.35. The van der Waals surface area contributed by atoms with Crippen LogP contribution in [0.15, 0.2) is 67.1 Å². The second kappa shape index (κ2) is 9.75. The van der Waals surface area contributed by atoms with Crippen molar-refractivity contribution in [1.29, 1.82) is 0 Å². The van der Waals surface area contributed by atoms with Crippen LogP contribution in [0, 0.1) is 0 Å². The maximum Gasteiger partial charge on any atom is 0.235 e. The van der Waals surface area contributed by atoms with Crippen molar-refractivity contribution in [3.63, 3.8) is 0 Å². The lowest BCUT2D eigenvalue weighted by Crippen LogP contribution is -2.46. The van der Waals surface area contributed by atoms with Gasteiger partial charge in [-0.1, -0.05) is 36.4 Å². The standard InChI is InChI=1S/C24H31N5O2S/c1-20(2)32(30,31)26-22-9-6-10-24(15-22)29-13-11-27(12-14-29)17-23-18-28(19-25-23)16-21-7-4-3-5-8-21/h3-10,15,18-20,26H,11-14,16-17H2,1-2H3. The van der Waals surface area contributed by atoms with Crippen LogP contribution in [-0.2, 0) is 23.1 Å². The summed E-state index contributed by atoms with van der Waals surface area (Å²) in [6.45, 7) is 8.69. The van der Waals surface area contributed by atoms with Gasteiger partial charge in [-0.05, 0) is 37.6 Å². The fourth-order valence-electron chi connectivity index (χ4n) is 3.81. The van der Waals surface area contributed by atoms with Crippen LogP contribution >= 0.6 is 0 Å². The molecule has 1 aromatic heterocycles. The van der Waals surface area contributed by atoms with E-state index in [4.69, 9.17) is 0 Å². The summed E-state index contributed by atoms with van der Waals surface area (Å²) >= 11 is 0. The first-order chi connectivity index (χ1) is 15.4. The maximum absolute atomic E-state index is 12.2. The quantitative estimate of drug-likeness (QED) is 0.566. The van der Waals surface area contributed by atoms with Gasteiger partial charge >= 0.3 is 0 Å². The number of piperazine rings is 1. The van der Waals surface area contributed by atoms with Gasteiger partial charge in [0.25, 0.3) is 0 Å². The number of nitrogens with one attached hydrogen (secondary N) is 1. The van der Waals surface area contributed by atoms with Gasteiger partial charge in [-0.25, -0.2) is 13.4 Å². The van der Waals surface area contributed by atoms with E-state index in [-0.39, 0.29) is 0 Å². The van der Waals surface area contributed by atoms with Gasteiger partial charge in [0.15, 0.2) is 0 Å². The predicted octanol–water partition coefficient (Wildman–Crippen LogP) is 3.40. The molecule has 32 heavy (non-hydrogen) atoms. The number of anilines is 2. The molecule has 1 aliphatic heterocycles. The maximum atomic E-state index is 12.2. The summed E-state index contributed by atoms with van der Waals surface area (Å²) in [5.74, 6) is 0. The van der Waals surface area contributed by atoms with Crippen LogP contribution in [0.5, 0.6) is 0 Å². The first kappa shape index (κ1) is 22.4. The molecule has 3 aromatic rings. The van der Waals surface area contributed by atoms with E-state index in [1.165, 1.54) is 5.56 Å². The van der Waals surface area contributed by atoms with Crippen molar-refractivity contribution in [3.05, 3.63) is 78.4 Å². The van der Waals surface area contributed by atoms with Crippen molar-refractivity contribution < 1.29 is 8.42 Å². The third-order valence-electron chi connectivity index (χ3n) is 5.74. The molecule has 170 valence electrons. The lowest BCUT2D eigenvalue weighted by Gasteiger charge is -2.36. The molecule has 0 saturated carbocycles. The Hall–Kier alpha value is -2.84. The van der Waals surface area contributed by atoms with Crippen molar-refractivity contribution in [2.75, 3.05) is 35.8 Å². The van der Waals surface area contributed by atoms with Gasteiger partial charge in [0.1, 0.15) is 0 Å². The Kier molecular flexibility index (Phi) is 6.81. The minimum Gasteiger partial charge on any atom is -0.369 e. The summed E-state index contributed by atoms with van der Waals surface area (Å²) in [6.07, 6.45) is 4.03. The molecule has 8 heteroatoms. The van der Waals surface area contributed by atoms with Gasteiger partial charge in [-0.2, -0.15) is 0 Å². The van der Waals surface area contributed by atoms with E-state index in [1.54, 1.807) is 19.9 Å². The molecule has 7 nitrogen and oxygen atoms in total. The van der Waals surface area contributed by atoms with Crippen molar-refractivity contribution in [2.45, 2.75) is 32.2 Å². The van der Waals surface area contributed by atoms with E-state index in [0.29, 0.717) is 5.69 Å². The Bertz CT molecular complexity index is 1120. The van der Waals surface area contributed by atoms with Crippen LogP contribution in [0.4, 0.5) is 11.4 Å². The minimum atomic E-state index is -3.35. The molecule has 1 fully saturated rings. The van der Waals surface area contributed by atoms with Crippen LogP contribution in [0.1, 0.15) is 25.1 Å². The third kappa shape index (κ3) is 5.69. The molecule has 0 amide bonds. The van der Waals surface area contributed by atoms with Gasteiger partial charge in [0.2, 0.25) is 10.0 Å². The zero-order chi connectivity index (χ0) is 22.6. The zero-order valence-corrected chi connectivity index (χ0v) is 19.5. The number of rotatable bonds is 8. The summed E-state index contributed by atoms with van der Waals surface area (Å²) in [6, 6.07) is 18.1. The number of aromatic nitrogens is 2. The Balaban J connectivity index is 1.31. The lowest BCUT2D eigenvalue weighted by atomic mass is 10.2. The highest BCUT2D eigenvalue weighted by Gasteiger charge is 2.20. The van der Waals surface area contributed by atoms with E-state index in [2.05, 4.69) is 54.5 Å². The molecular weight excluding hydrogens is 422 g/mol. The summed E-state index contributed by atoms with van der Waals surface area (Å²) in [4.78, 5) is 9.30. The Labute approximate surface area is 190 Å². The van der Waals surface area contributed by atoms with Gasteiger partial charge in [0, 0.05) is 51.2 Å². The first-order valence-electron chi connectivity index (χ1n) is 11.0. The first-order valence-corrected chi connectivity index (χ1v) is 12.6. The SMILES string of the molecule is CC(C)S(=O)(=O)Nc1cccc(N2CCN(Cc3cn(Cc4ccccc4)cn3)CC2)c1. The molecule has 0 aliphatic carbocycles. The van der Waals surface area contributed by atoms with Crippen LogP contribution in [0.2, 0.25) is 0 Å². The number of benzene rings is 2. The van der Waals surface area contributed by atoms with E-state index in [1.807, 2.05) is 30.6 Å². The average Bonchev–Trinajstić information content (AvgIpc) is 3.21. The fraction of sp³-hybridized carbons (Fsp3) is 0.375. The molecule has 0 radical (unpaired) electrons. The topological polar surface area (TPSA) is 70.5 Å². The monoisotopic (exact) mass is 453 g/mol. The summed E-state index contributed by atoms with van der Waals surface area (Å²) in [5.41, 5.74) is 4.01. The molecule has 1 N–H and O–H groups in total. The third-order valence-corrected chi connectivity index (χ3v) is 7.51. The van der Waals surface area contributed by atoms with Crippen molar-refractivity contribution in [1.82, 2.24) is 14.5 Å². The lowest BCUT2D eigenvalue weighted by molar-refractivity contribution is 0.247. The molecule has 0 unspecified atom stereocenters. The number of sulfonamides is 1. The second-order valence-electron chi connectivity index (χ2n) is 8.53. The van der Waals surface area contributed by atoms with Crippen molar-refractivity contribution in [3.8, 4) is 0 Å². The van der Waals surface area contributed by atoms with E-state index in [9.17, 15) is 8.42 Å². The smallest absolute Gasteiger partial charge is 0.235 e. The van der Waals surface area contributed by atoms with Gasteiger partial charge in [-0.15, -0.1) is 0 Å². The van der Waals surface area contributed by atoms with Crippen molar-refractivity contribution in [2.24, 2.45) is 0 Å². The highest BCUT2D eigenvalue weighted by Crippen LogP contribution is 2.22. The molecule has 2 aromatic carbocycles. The van der Waals surface area contributed by atoms with Gasteiger partial charge in [-0.3, -0.25) is 9.62 Å². The minimum absolute atomic E-state index is 0.467. The Morgan fingerprint density at radius 3 is 2.44 bits per heavy atom. The normalized spacial score (nSPS) is 15.3. The highest BCUT2D eigenvalue weighted by molar-refractivity contribution is 7.93. The molecule has 2 heterocycles. The molecule has 0 spiro atoms. The predicted molar refractivity (Wildman–Crippen MR) is 129 cm³/mol. The summed E-state index contributed by atoms with van der Waals surface area (Å²) in [5, 5.41) is -0.467. The van der Waals surface area contributed by atoms with E-state index >= 15 is 0 Å². The molecule has 1 saturated heterocycles. The number of imidazole rings is 1. The molecule has 0 bridgehead atoms. The average molecular weight is 454 g/mol. The van der Waals surface area contributed by atoms with E-state index < -0.39 is 15.3 Å². The van der Waals surface area contributed by atoms with Gasteiger partial charge < -0.3 is 9.47 Å². The zero-order valence-electron chi connectivity index (χ0n) is 18.7. The number of hydrogen-bond donors (Lipinski definition) is 1. The fourth-order valence-corrected chi connectivity index (χ4v) is 4.50. The highest BCUT2D eigenvalue weighted by atomic mass is 32.2. The molecular formula is C24H31N5O2S. The number of hydrogen-bond acceptors (Lipinski definition) is 5. The Morgan fingerprint density at radius 2 is 1.72 bits per heavy atom. The summed E-state index contributed by atoms with van der Waals surface area (Å²) < 4.78 is 29.2. The number of nitrogens with zero attached hydrogens (tertiary/aromatic N) is 4. The van der Waals surface area contributed by atoms with Crippen molar-refractivity contribution >= 4 is 21.4 Å².